The molecule has 0 aromatic heterocycles. The van der Waals surface area contributed by atoms with Gasteiger partial charge in [0.1, 0.15) is 0 Å². The molecular formula is C26H26N2O3. The number of hydrogen-bond acceptors (Lipinski definition) is 3. The van der Waals surface area contributed by atoms with Crippen LogP contribution >= 0.6 is 0 Å². The van der Waals surface area contributed by atoms with Crippen molar-refractivity contribution in [3.05, 3.63) is 111 Å². The van der Waals surface area contributed by atoms with E-state index in [1.807, 2.05) is 30.3 Å². The third kappa shape index (κ3) is 5.66. The normalized spacial score (nSPS) is 11.2. The first-order chi connectivity index (χ1) is 15.0. The third-order valence-electron chi connectivity index (χ3n) is 5.22. The number of hydrogen-bond donors (Lipinski definition) is 1. The molecular weight excluding hydrogens is 388 g/mol. The van der Waals surface area contributed by atoms with E-state index in [1.165, 1.54) is 23.3 Å². The molecule has 0 unspecified atom stereocenters. The molecule has 0 aliphatic carbocycles. The van der Waals surface area contributed by atoms with Crippen molar-refractivity contribution in [2.24, 2.45) is 0 Å². The predicted molar refractivity (Wildman–Crippen MR) is 124 cm³/mol. The minimum Gasteiger partial charge on any atom is -0.348 e. The van der Waals surface area contributed by atoms with Crippen molar-refractivity contribution in [1.29, 1.82) is 0 Å². The molecule has 0 heterocycles. The number of carbonyl (C=O) groups excluding carboxylic acids is 1. The minimum atomic E-state index is -0.438. The van der Waals surface area contributed by atoms with Gasteiger partial charge in [-0.15, -0.1) is 0 Å². The van der Waals surface area contributed by atoms with Crippen molar-refractivity contribution >= 4 is 23.2 Å². The molecule has 1 N–H and O–H groups in total. The number of nitro benzene ring substituents is 1. The Labute approximate surface area is 182 Å². The van der Waals surface area contributed by atoms with E-state index in [4.69, 9.17) is 0 Å². The maximum Gasteiger partial charge on any atom is 0.270 e. The SMILES string of the molecule is CCc1ccc(CC)c(CNC(=O)/C(=C/c2cccc([N+](=O)[O-])c2)c2ccccc2)c1. The molecule has 158 valence electrons. The van der Waals surface area contributed by atoms with E-state index in [9.17, 15) is 14.9 Å². The molecule has 1 amide bonds. The van der Waals surface area contributed by atoms with Crippen molar-refractivity contribution < 1.29 is 9.72 Å². The zero-order chi connectivity index (χ0) is 22.2. The second-order valence-corrected chi connectivity index (χ2v) is 7.27. The monoisotopic (exact) mass is 414 g/mol. The van der Waals surface area contributed by atoms with E-state index < -0.39 is 4.92 Å². The van der Waals surface area contributed by atoms with Crippen molar-refractivity contribution in [3.63, 3.8) is 0 Å². The fourth-order valence-corrected chi connectivity index (χ4v) is 3.47. The van der Waals surface area contributed by atoms with Gasteiger partial charge >= 0.3 is 0 Å². The lowest BCUT2D eigenvalue weighted by atomic mass is 9.99. The molecule has 0 fully saturated rings. The van der Waals surface area contributed by atoms with Gasteiger partial charge in [-0.2, -0.15) is 0 Å². The largest absolute Gasteiger partial charge is 0.348 e. The number of aryl methyl sites for hydroxylation is 2. The van der Waals surface area contributed by atoms with Gasteiger partial charge in [0.2, 0.25) is 0 Å². The van der Waals surface area contributed by atoms with Gasteiger partial charge in [-0.1, -0.05) is 74.5 Å². The van der Waals surface area contributed by atoms with Crippen LogP contribution in [0.5, 0.6) is 0 Å². The molecule has 3 rings (SSSR count). The van der Waals surface area contributed by atoms with Crippen LogP contribution in [0, 0.1) is 10.1 Å². The quantitative estimate of drug-likeness (QED) is 0.226. The lowest BCUT2D eigenvalue weighted by molar-refractivity contribution is -0.384. The van der Waals surface area contributed by atoms with Crippen molar-refractivity contribution in [3.8, 4) is 0 Å². The number of carbonyl (C=O) groups is 1. The zero-order valence-electron chi connectivity index (χ0n) is 17.8. The Morgan fingerprint density at radius 3 is 2.39 bits per heavy atom. The summed E-state index contributed by atoms with van der Waals surface area (Å²) >= 11 is 0. The summed E-state index contributed by atoms with van der Waals surface area (Å²) in [5, 5.41) is 14.2. The van der Waals surface area contributed by atoms with Crippen LogP contribution in [-0.2, 0) is 24.2 Å². The Hall–Kier alpha value is -3.73. The predicted octanol–water partition coefficient (Wildman–Crippen LogP) is 5.58. The summed E-state index contributed by atoms with van der Waals surface area (Å²) < 4.78 is 0. The summed E-state index contributed by atoms with van der Waals surface area (Å²) in [6.45, 7) is 4.64. The van der Waals surface area contributed by atoms with Gasteiger partial charge in [0, 0.05) is 24.3 Å². The summed E-state index contributed by atoms with van der Waals surface area (Å²) in [6, 6.07) is 22.0. The summed E-state index contributed by atoms with van der Waals surface area (Å²) in [7, 11) is 0. The highest BCUT2D eigenvalue weighted by Gasteiger charge is 2.14. The molecule has 31 heavy (non-hydrogen) atoms. The van der Waals surface area contributed by atoms with Crippen LogP contribution in [0.2, 0.25) is 0 Å². The number of non-ortho nitro benzene ring substituents is 1. The van der Waals surface area contributed by atoms with Gasteiger partial charge in [-0.3, -0.25) is 14.9 Å². The van der Waals surface area contributed by atoms with E-state index in [0.29, 0.717) is 17.7 Å². The Morgan fingerprint density at radius 1 is 0.935 bits per heavy atom. The van der Waals surface area contributed by atoms with E-state index in [1.54, 1.807) is 18.2 Å². The van der Waals surface area contributed by atoms with Gasteiger partial charge in [0.15, 0.2) is 0 Å². The Balaban J connectivity index is 1.91. The van der Waals surface area contributed by atoms with E-state index in [-0.39, 0.29) is 11.6 Å². The number of rotatable bonds is 8. The fourth-order valence-electron chi connectivity index (χ4n) is 3.47. The second-order valence-electron chi connectivity index (χ2n) is 7.27. The standard InChI is InChI=1S/C26H26N2O3/c1-3-19-13-14-21(4-2)23(15-19)18-27-26(29)25(22-10-6-5-7-11-22)17-20-9-8-12-24(16-20)28(30)31/h5-17H,3-4,18H2,1-2H3,(H,27,29)/b25-17+. The third-order valence-corrected chi connectivity index (χ3v) is 5.22. The van der Waals surface area contributed by atoms with Gasteiger partial charge in [0.05, 0.1) is 4.92 Å². The Kier molecular flexibility index (Phi) is 7.33. The average molecular weight is 415 g/mol. The van der Waals surface area contributed by atoms with Gasteiger partial charge < -0.3 is 5.32 Å². The van der Waals surface area contributed by atoms with Gasteiger partial charge in [-0.25, -0.2) is 0 Å². The van der Waals surface area contributed by atoms with Crippen LogP contribution < -0.4 is 5.32 Å². The summed E-state index contributed by atoms with van der Waals surface area (Å²) in [5.74, 6) is -0.221. The van der Waals surface area contributed by atoms with E-state index in [2.05, 4.69) is 37.4 Å². The number of benzene rings is 3. The average Bonchev–Trinajstić information content (AvgIpc) is 2.81. The minimum absolute atomic E-state index is 0.00876. The summed E-state index contributed by atoms with van der Waals surface area (Å²) in [5.41, 5.74) is 5.36. The highest BCUT2D eigenvalue weighted by molar-refractivity contribution is 6.24. The van der Waals surface area contributed by atoms with E-state index in [0.717, 1.165) is 24.0 Å². The first-order valence-electron chi connectivity index (χ1n) is 10.4. The van der Waals surface area contributed by atoms with Crippen molar-refractivity contribution in [2.45, 2.75) is 33.2 Å². The maximum atomic E-state index is 13.2. The molecule has 3 aromatic rings. The number of nitrogens with zero attached hydrogens (tertiary/aromatic N) is 1. The lowest BCUT2D eigenvalue weighted by Gasteiger charge is -2.13. The molecule has 0 bridgehead atoms. The summed E-state index contributed by atoms with van der Waals surface area (Å²) in [6.07, 6.45) is 3.53. The smallest absolute Gasteiger partial charge is 0.270 e. The number of nitro groups is 1. The van der Waals surface area contributed by atoms with Crippen LogP contribution in [-0.4, -0.2) is 10.8 Å². The van der Waals surface area contributed by atoms with Crippen LogP contribution in [0.25, 0.3) is 11.6 Å². The molecule has 0 radical (unpaired) electrons. The lowest BCUT2D eigenvalue weighted by Crippen LogP contribution is -2.24. The fraction of sp³-hybridized carbons (Fsp3) is 0.192. The molecule has 3 aromatic carbocycles. The molecule has 0 atom stereocenters. The molecule has 0 aliphatic heterocycles. The van der Waals surface area contributed by atoms with Crippen LogP contribution in [0.3, 0.4) is 0 Å². The topological polar surface area (TPSA) is 72.2 Å². The number of amides is 1. The Bertz CT molecular complexity index is 1100. The zero-order valence-corrected chi connectivity index (χ0v) is 17.8. The van der Waals surface area contributed by atoms with Crippen LogP contribution in [0.4, 0.5) is 5.69 Å². The Morgan fingerprint density at radius 2 is 1.71 bits per heavy atom. The first-order valence-corrected chi connectivity index (χ1v) is 10.4. The highest BCUT2D eigenvalue weighted by Crippen LogP contribution is 2.22. The van der Waals surface area contributed by atoms with E-state index >= 15 is 0 Å². The first kappa shape index (κ1) is 22.0. The van der Waals surface area contributed by atoms with Crippen molar-refractivity contribution in [2.75, 3.05) is 0 Å². The molecule has 0 saturated heterocycles. The molecule has 0 saturated carbocycles. The molecule has 0 spiro atoms. The number of nitrogens with one attached hydrogen (secondary N) is 1. The second kappa shape index (κ2) is 10.3. The maximum absolute atomic E-state index is 13.2. The highest BCUT2D eigenvalue weighted by atomic mass is 16.6. The molecule has 5 nitrogen and oxygen atoms in total. The molecule has 5 heteroatoms. The molecule has 0 aliphatic rings. The summed E-state index contributed by atoms with van der Waals surface area (Å²) in [4.78, 5) is 23.9. The van der Waals surface area contributed by atoms with Crippen LogP contribution in [0.1, 0.15) is 41.7 Å². The van der Waals surface area contributed by atoms with Crippen molar-refractivity contribution in [1.82, 2.24) is 5.32 Å². The van der Waals surface area contributed by atoms with Crippen LogP contribution in [0.15, 0.2) is 72.8 Å². The van der Waals surface area contributed by atoms with Gasteiger partial charge in [-0.05, 0) is 46.7 Å². The van der Waals surface area contributed by atoms with Gasteiger partial charge in [0.25, 0.3) is 11.6 Å².